The molecule has 0 aromatic heterocycles. The number of piperidine rings is 2. The van der Waals surface area contributed by atoms with E-state index in [4.69, 9.17) is 4.74 Å². The van der Waals surface area contributed by atoms with Gasteiger partial charge in [-0.05, 0) is 38.7 Å². The maximum atomic E-state index is 12.5. The Bertz CT molecular complexity index is 631. The van der Waals surface area contributed by atoms with E-state index in [0.29, 0.717) is 13.0 Å². The van der Waals surface area contributed by atoms with Gasteiger partial charge in [0.15, 0.2) is 0 Å². The van der Waals surface area contributed by atoms with Gasteiger partial charge in [0.2, 0.25) is 11.8 Å². The Kier molecular flexibility index (Phi) is 5.97. The topological polar surface area (TPSA) is 49.9 Å². The van der Waals surface area contributed by atoms with Gasteiger partial charge in [-0.15, -0.1) is 0 Å². The molecule has 2 aliphatic rings. The van der Waals surface area contributed by atoms with Crippen molar-refractivity contribution in [2.24, 2.45) is 5.41 Å². The van der Waals surface area contributed by atoms with E-state index >= 15 is 0 Å². The molecule has 0 N–H and O–H groups in total. The molecule has 3 rings (SSSR count). The summed E-state index contributed by atoms with van der Waals surface area (Å²) in [7, 11) is 0. The van der Waals surface area contributed by atoms with Crippen molar-refractivity contribution < 1.29 is 14.3 Å². The molecule has 26 heavy (non-hydrogen) atoms. The summed E-state index contributed by atoms with van der Waals surface area (Å²) in [6.45, 7) is 6.99. The van der Waals surface area contributed by atoms with E-state index in [9.17, 15) is 9.59 Å². The van der Waals surface area contributed by atoms with Crippen LogP contribution in [-0.4, -0.2) is 54.0 Å². The van der Waals surface area contributed by atoms with Gasteiger partial charge in [-0.25, -0.2) is 0 Å². The minimum Gasteiger partial charge on any atom is -0.369 e. The van der Waals surface area contributed by atoms with Gasteiger partial charge in [0.05, 0.1) is 6.10 Å². The number of nitrogens with zero attached hydrogens (tertiary/aromatic N) is 2. The second kappa shape index (κ2) is 8.21. The third-order valence-electron chi connectivity index (χ3n) is 5.52. The van der Waals surface area contributed by atoms with Crippen molar-refractivity contribution in [3.8, 4) is 0 Å². The highest BCUT2D eigenvalue weighted by Crippen LogP contribution is 2.39. The Labute approximate surface area is 156 Å². The predicted octanol–water partition coefficient (Wildman–Crippen LogP) is 2.84. The first-order chi connectivity index (χ1) is 12.5. The zero-order chi connectivity index (χ0) is 18.6. The summed E-state index contributed by atoms with van der Waals surface area (Å²) in [6, 6.07) is 10.1. The highest BCUT2D eigenvalue weighted by molar-refractivity contribution is 5.78. The molecule has 1 aromatic rings. The quantitative estimate of drug-likeness (QED) is 0.813. The van der Waals surface area contributed by atoms with E-state index in [2.05, 4.69) is 12.1 Å². The molecule has 1 atom stereocenters. The number of hydrogen-bond acceptors (Lipinski definition) is 3. The van der Waals surface area contributed by atoms with Crippen LogP contribution in [0.2, 0.25) is 0 Å². The van der Waals surface area contributed by atoms with Crippen LogP contribution in [0.1, 0.15) is 45.1 Å². The Balaban J connectivity index is 1.64. The lowest BCUT2D eigenvalue weighted by Crippen LogP contribution is -2.55. The van der Waals surface area contributed by atoms with Crippen molar-refractivity contribution >= 4 is 11.8 Å². The molecular formula is C21H30N2O3. The molecule has 0 aliphatic carbocycles. The van der Waals surface area contributed by atoms with Crippen molar-refractivity contribution in [1.82, 2.24) is 9.80 Å². The van der Waals surface area contributed by atoms with Gasteiger partial charge >= 0.3 is 0 Å². The van der Waals surface area contributed by atoms with Crippen LogP contribution in [0, 0.1) is 5.41 Å². The van der Waals surface area contributed by atoms with Crippen molar-refractivity contribution in [2.75, 3.05) is 26.2 Å². The molecule has 1 spiro atoms. The van der Waals surface area contributed by atoms with Gasteiger partial charge in [-0.1, -0.05) is 30.3 Å². The molecular weight excluding hydrogens is 328 g/mol. The zero-order valence-electron chi connectivity index (χ0n) is 15.9. The van der Waals surface area contributed by atoms with Crippen LogP contribution in [0.15, 0.2) is 30.3 Å². The van der Waals surface area contributed by atoms with E-state index < -0.39 is 0 Å². The summed E-state index contributed by atoms with van der Waals surface area (Å²) in [6.07, 6.45) is 3.61. The van der Waals surface area contributed by atoms with Gasteiger partial charge in [0.1, 0.15) is 6.61 Å². The molecule has 5 heteroatoms. The fraction of sp³-hybridized carbons (Fsp3) is 0.619. The summed E-state index contributed by atoms with van der Waals surface area (Å²) >= 11 is 0. The van der Waals surface area contributed by atoms with Crippen molar-refractivity contribution in [2.45, 2.75) is 52.2 Å². The first kappa shape index (κ1) is 18.9. The number of benzene rings is 1. The minimum absolute atomic E-state index is 0.0361. The average Bonchev–Trinajstić information content (AvgIpc) is 2.64. The van der Waals surface area contributed by atoms with Crippen LogP contribution in [0.5, 0.6) is 0 Å². The number of rotatable bonds is 5. The Hall–Kier alpha value is -1.88. The third kappa shape index (κ3) is 4.64. The molecule has 0 saturated carbocycles. The van der Waals surface area contributed by atoms with Crippen molar-refractivity contribution in [1.29, 1.82) is 0 Å². The molecule has 0 radical (unpaired) electrons. The summed E-state index contributed by atoms with van der Waals surface area (Å²) in [5.41, 5.74) is 1.20. The van der Waals surface area contributed by atoms with Gasteiger partial charge in [0.25, 0.3) is 0 Å². The molecule has 2 aliphatic heterocycles. The maximum Gasteiger partial charge on any atom is 0.248 e. The van der Waals surface area contributed by atoms with Crippen molar-refractivity contribution in [3.05, 3.63) is 35.9 Å². The molecule has 5 nitrogen and oxygen atoms in total. The largest absolute Gasteiger partial charge is 0.369 e. The normalized spacial score (nSPS) is 23.7. The first-order valence-corrected chi connectivity index (χ1v) is 9.69. The van der Waals surface area contributed by atoms with Crippen LogP contribution < -0.4 is 0 Å². The van der Waals surface area contributed by atoms with E-state index in [0.717, 1.165) is 44.5 Å². The van der Waals surface area contributed by atoms with Crippen LogP contribution in [-0.2, 0) is 20.9 Å². The molecule has 1 aromatic carbocycles. The molecule has 1 unspecified atom stereocenters. The van der Waals surface area contributed by atoms with Crippen molar-refractivity contribution in [3.63, 3.8) is 0 Å². The number of carbonyl (C=O) groups is 2. The summed E-state index contributed by atoms with van der Waals surface area (Å²) < 4.78 is 5.49. The Morgan fingerprint density at radius 3 is 2.69 bits per heavy atom. The number of hydrogen-bond donors (Lipinski definition) is 0. The van der Waals surface area contributed by atoms with Crippen LogP contribution >= 0.6 is 0 Å². The Morgan fingerprint density at radius 1 is 1.19 bits per heavy atom. The van der Waals surface area contributed by atoms with Gasteiger partial charge in [0, 0.05) is 38.0 Å². The van der Waals surface area contributed by atoms with Gasteiger partial charge < -0.3 is 14.5 Å². The number of ether oxygens (including phenoxy) is 1. The third-order valence-corrected chi connectivity index (χ3v) is 5.52. The zero-order valence-corrected chi connectivity index (χ0v) is 15.9. The summed E-state index contributed by atoms with van der Waals surface area (Å²) in [5, 5.41) is 0. The lowest BCUT2D eigenvalue weighted by atomic mass is 9.73. The van der Waals surface area contributed by atoms with Crippen LogP contribution in [0.25, 0.3) is 0 Å². The Morgan fingerprint density at radius 2 is 1.96 bits per heavy atom. The van der Waals surface area contributed by atoms with E-state index in [-0.39, 0.29) is 29.9 Å². The fourth-order valence-corrected chi connectivity index (χ4v) is 4.13. The maximum absolute atomic E-state index is 12.5. The molecule has 142 valence electrons. The van der Waals surface area contributed by atoms with E-state index in [1.54, 1.807) is 0 Å². The highest BCUT2D eigenvalue weighted by atomic mass is 16.5. The smallest absolute Gasteiger partial charge is 0.248 e. The minimum atomic E-state index is 0.0361. The summed E-state index contributed by atoms with van der Waals surface area (Å²) in [5.74, 6) is 0.301. The standard InChI is InChI=1S/C21H30N2O3/c1-17(2)26-14-20(25)22-12-6-10-21(15-22)11-9-19(24)23(16-21)13-18-7-4-3-5-8-18/h3-5,7-8,17H,6,9-16H2,1-2H3. The molecule has 2 amide bonds. The molecule has 2 saturated heterocycles. The number of likely N-dealkylation sites (tertiary alicyclic amines) is 2. The molecule has 2 heterocycles. The number of carbonyl (C=O) groups excluding carboxylic acids is 2. The van der Waals surface area contributed by atoms with Gasteiger partial charge in [-0.3, -0.25) is 9.59 Å². The predicted molar refractivity (Wildman–Crippen MR) is 100 cm³/mol. The lowest BCUT2D eigenvalue weighted by Gasteiger charge is -2.48. The highest BCUT2D eigenvalue weighted by Gasteiger charge is 2.42. The summed E-state index contributed by atoms with van der Waals surface area (Å²) in [4.78, 5) is 28.9. The molecule has 2 fully saturated rings. The fourth-order valence-electron chi connectivity index (χ4n) is 4.13. The van der Waals surface area contributed by atoms with E-state index in [1.165, 1.54) is 0 Å². The van der Waals surface area contributed by atoms with Gasteiger partial charge in [-0.2, -0.15) is 0 Å². The second-order valence-electron chi connectivity index (χ2n) is 8.01. The monoisotopic (exact) mass is 358 g/mol. The first-order valence-electron chi connectivity index (χ1n) is 9.69. The average molecular weight is 358 g/mol. The van der Waals surface area contributed by atoms with Crippen LogP contribution in [0.4, 0.5) is 0 Å². The second-order valence-corrected chi connectivity index (χ2v) is 8.01. The SMILES string of the molecule is CC(C)OCC(=O)N1CCCC2(CCC(=O)N(Cc3ccccc3)C2)C1. The molecule has 0 bridgehead atoms. The number of amides is 2. The van der Waals surface area contributed by atoms with E-state index in [1.807, 2.05) is 41.8 Å². The van der Waals surface area contributed by atoms with Crippen LogP contribution in [0.3, 0.4) is 0 Å². The lowest BCUT2D eigenvalue weighted by molar-refractivity contribution is -0.146.